The Bertz CT molecular complexity index is 572. The highest BCUT2D eigenvalue weighted by Crippen LogP contribution is 2.32. The molecule has 0 aliphatic heterocycles. The molecule has 0 spiro atoms. The number of carbonyl (C=O) groups excluding carboxylic acids is 1. The summed E-state index contributed by atoms with van der Waals surface area (Å²) in [6.45, 7) is 2.17. The van der Waals surface area contributed by atoms with Crippen LogP contribution >= 0.6 is 34.5 Å². The lowest BCUT2D eigenvalue weighted by molar-refractivity contribution is 0.103. The third kappa shape index (κ3) is 3.59. The van der Waals surface area contributed by atoms with E-state index in [2.05, 4.69) is 6.92 Å². The number of ketones is 1. The molecule has 0 radical (unpaired) electrons. The van der Waals surface area contributed by atoms with Gasteiger partial charge >= 0.3 is 0 Å². The Kier molecular flexibility index (Phi) is 5.03. The van der Waals surface area contributed by atoms with Gasteiger partial charge in [-0.25, -0.2) is 0 Å². The molecule has 0 saturated heterocycles. The molecule has 0 atom stereocenters. The van der Waals surface area contributed by atoms with Gasteiger partial charge in [-0.2, -0.15) is 0 Å². The van der Waals surface area contributed by atoms with Crippen LogP contribution in [0.15, 0.2) is 30.3 Å². The topological polar surface area (TPSA) is 17.1 Å². The maximum Gasteiger partial charge on any atom is 0.195 e. The van der Waals surface area contributed by atoms with Crippen molar-refractivity contribution in [3.05, 3.63) is 55.7 Å². The number of aryl methyl sites for hydroxylation is 1. The highest BCUT2D eigenvalue weighted by Gasteiger charge is 2.15. The van der Waals surface area contributed by atoms with Crippen LogP contribution in [0.5, 0.6) is 0 Å². The molecule has 1 nitrogen and oxygen atoms in total. The Balaban J connectivity index is 2.18. The third-order valence-electron chi connectivity index (χ3n) is 2.94. The average molecular weight is 313 g/mol. The first-order valence-corrected chi connectivity index (χ1v) is 7.77. The smallest absolute Gasteiger partial charge is 0.195 e. The van der Waals surface area contributed by atoms with Crippen LogP contribution in [0.4, 0.5) is 0 Å². The first kappa shape index (κ1) is 14.6. The molecule has 0 aliphatic rings. The summed E-state index contributed by atoms with van der Waals surface area (Å²) in [6.07, 6.45) is 3.39. The minimum atomic E-state index is -0.0739. The molecular formula is C15H14Cl2OS. The zero-order valence-corrected chi connectivity index (χ0v) is 12.9. The van der Waals surface area contributed by atoms with E-state index in [1.165, 1.54) is 29.7 Å². The van der Waals surface area contributed by atoms with Crippen LogP contribution in [0.2, 0.25) is 8.67 Å². The Morgan fingerprint density at radius 1 is 1.21 bits per heavy atom. The molecule has 1 aromatic carbocycles. The van der Waals surface area contributed by atoms with Gasteiger partial charge in [0.25, 0.3) is 0 Å². The SMILES string of the molecule is CCCCc1ccc(C(=O)c2cc(Cl)sc2Cl)cc1. The van der Waals surface area contributed by atoms with Crippen molar-refractivity contribution in [3.63, 3.8) is 0 Å². The monoisotopic (exact) mass is 312 g/mol. The number of unbranched alkanes of at least 4 members (excludes halogenated alkanes) is 1. The van der Waals surface area contributed by atoms with Crippen molar-refractivity contribution in [2.75, 3.05) is 0 Å². The number of rotatable bonds is 5. The predicted octanol–water partition coefficient (Wildman–Crippen LogP) is 5.63. The standard InChI is InChI=1S/C15H14Cl2OS/c1-2-3-4-10-5-7-11(8-6-10)14(18)12-9-13(16)19-15(12)17/h5-9H,2-4H2,1H3. The molecule has 1 heterocycles. The molecule has 0 bridgehead atoms. The fourth-order valence-electron chi connectivity index (χ4n) is 1.85. The number of carbonyl (C=O) groups is 1. The van der Waals surface area contributed by atoms with E-state index in [0.29, 0.717) is 19.8 Å². The van der Waals surface area contributed by atoms with Crippen LogP contribution in [0.1, 0.15) is 41.3 Å². The summed E-state index contributed by atoms with van der Waals surface area (Å²) in [5.74, 6) is -0.0739. The fraction of sp³-hybridized carbons (Fsp3) is 0.267. The second kappa shape index (κ2) is 6.56. The summed E-state index contributed by atoms with van der Waals surface area (Å²) in [5, 5.41) is 0. The lowest BCUT2D eigenvalue weighted by atomic mass is 10.0. The van der Waals surface area contributed by atoms with Crippen molar-refractivity contribution in [1.29, 1.82) is 0 Å². The first-order chi connectivity index (χ1) is 9.11. The molecule has 1 aromatic heterocycles. The van der Waals surface area contributed by atoms with Gasteiger partial charge in [0.15, 0.2) is 5.78 Å². The first-order valence-electron chi connectivity index (χ1n) is 6.20. The number of halogens is 2. The van der Waals surface area contributed by atoms with Gasteiger partial charge in [-0.3, -0.25) is 4.79 Å². The summed E-state index contributed by atoms with van der Waals surface area (Å²) in [5.41, 5.74) is 2.39. The molecule has 2 aromatic rings. The summed E-state index contributed by atoms with van der Waals surface area (Å²) < 4.78 is 0.984. The Morgan fingerprint density at radius 2 is 1.89 bits per heavy atom. The molecule has 0 unspecified atom stereocenters. The second-order valence-electron chi connectivity index (χ2n) is 4.37. The highest BCUT2D eigenvalue weighted by atomic mass is 35.5. The van der Waals surface area contributed by atoms with Crippen molar-refractivity contribution < 1.29 is 4.79 Å². The zero-order chi connectivity index (χ0) is 13.8. The molecule has 19 heavy (non-hydrogen) atoms. The van der Waals surface area contributed by atoms with Crippen LogP contribution in [0.25, 0.3) is 0 Å². The quantitative estimate of drug-likeness (QED) is 0.654. The fourth-order valence-corrected chi connectivity index (χ4v) is 3.31. The average Bonchev–Trinajstić information content (AvgIpc) is 2.75. The van der Waals surface area contributed by atoms with Gasteiger partial charge in [0, 0.05) is 5.56 Å². The maximum atomic E-state index is 12.3. The molecule has 4 heteroatoms. The predicted molar refractivity (Wildman–Crippen MR) is 82.8 cm³/mol. The minimum Gasteiger partial charge on any atom is -0.289 e. The Morgan fingerprint density at radius 3 is 2.42 bits per heavy atom. The molecule has 0 aliphatic carbocycles. The van der Waals surface area contributed by atoms with Gasteiger partial charge in [-0.05, 0) is 24.5 Å². The van der Waals surface area contributed by atoms with Gasteiger partial charge in [-0.1, -0.05) is 60.8 Å². The summed E-state index contributed by atoms with van der Waals surface area (Å²) in [6, 6.07) is 9.35. The Hall–Kier alpha value is -0.830. The molecule has 100 valence electrons. The van der Waals surface area contributed by atoms with Crippen LogP contribution < -0.4 is 0 Å². The lowest BCUT2D eigenvalue weighted by Crippen LogP contribution is -2.00. The van der Waals surface area contributed by atoms with E-state index < -0.39 is 0 Å². The summed E-state index contributed by atoms with van der Waals surface area (Å²) >= 11 is 13.1. The van der Waals surface area contributed by atoms with Crippen LogP contribution in [0.3, 0.4) is 0 Å². The van der Waals surface area contributed by atoms with Crippen molar-refractivity contribution in [1.82, 2.24) is 0 Å². The van der Waals surface area contributed by atoms with Crippen molar-refractivity contribution in [2.45, 2.75) is 26.2 Å². The number of thiophene rings is 1. The van der Waals surface area contributed by atoms with Crippen molar-refractivity contribution >= 4 is 40.3 Å². The zero-order valence-electron chi connectivity index (χ0n) is 10.6. The third-order valence-corrected chi connectivity index (χ3v) is 4.42. The molecule has 0 saturated carbocycles. The van der Waals surface area contributed by atoms with Gasteiger partial charge in [0.05, 0.1) is 9.90 Å². The van der Waals surface area contributed by atoms with E-state index >= 15 is 0 Å². The van der Waals surface area contributed by atoms with E-state index in [0.717, 1.165) is 6.42 Å². The van der Waals surface area contributed by atoms with E-state index in [1.807, 2.05) is 24.3 Å². The van der Waals surface area contributed by atoms with E-state index in [4.69, 9.17) is 23.2 Å². The van der Waals surface area contributed by atoms with Gasteiger partial charge in [0.1, 0.15) is 4.34 Å². The van der Waals surface area contributed by atoms with Crippen molar-refractivity contribution in [2.24, 2.45) is 0 Å². The van der Waals surface area contributed by atoms with Gasteiger partial charge < -0.3 is 0 Å². The maximum absolute atomic E-state index is 12.3. The minimum absolute atomic E-state index is 0.0739. The summed E-state index contributed by atoms with van der Waals surface area (Å²) in [7, 11) is 0. The summed E-state index contributed by atoms with van der Waals surface area (Å²) in [4.78, 5) is 12.3. The second-order valence-corrected chi connectivity index (χ2v) is 6.65. The van der Waals surface area contributed by atoms with Crippen LogP contribution in [-0.4, -0.2) is 5.78 Å². The Labute approximate surface area is 127 Å². The number of hydrogen-bond donors (Lipinski definition) is 0. The largest absolute Gasteiger partial charge is 0.289 e. The normalized spacial score (nSPS) is 10.7. The molecular weight excluding hydrogens is 299 g/mol. The van der Waals surface area contributed by atoms with E-state index in [1.54, 1.807) is 6.07 Å². The number of hydrogen-bond acceptors (Lipinski definition) is 2. The van der Waals surface area contributed by atoms with E-state index in [9.17, 15) is 4.79 Å². The number of benzene rings is 1. The van der Waals surface area contributed by atoms with E-state index in [-0.39, 0.29) is 5.78 Å². The lowest BCUT2D eigenvalue weighted by Gasteiger charge is -2.03. The highest BCUT2D eigenvalue weighted by molar-refractivity contribution is 7.20. The van der Waals surface area contributed by atoms with Crippen LogP contribution in [0, 0.1) is 0 Å². The van der Waals surface area contributed by atoms with Gasteiger partial charge in [0.2, 0.25) is 0 Å². The van der Waals surface area contributed by atoms with Crippen molar-refractivity contribution in [3.8, 4) is 0 Å². The molecule has 2 rings (SSSR count). The van der Waals surface area contributed by atoms with Crippen LogP contribution in [-0.2, 0) is 6.42 Å². The molecule has 0 N–H and O–H groups in total. The molecule has 0 fully saturated rings. The van der Waals surface area contributed by atoms with Gasteiger partial charge in [-0.15, -0.1) is 11.3 Å². The molecule has 0 amide bonds.